The average molecular weight is 312 g/mol. The predicted octanol–water partition coefficient (Wildman–Crippen LogP) is 0.450. The van der Waals surface area contributed by atoms with Crippen LogP contribution in [0.2, 0.25) is 0 Å². The lowest BCUT2D eigenvalue weighted by Gasteiger charge is -2.03. The summed E-state index contributed by atoms with van der Waals surface area (Å²) in [4.78, 5) is 17.9. The summed E-state index contributed by atoms with van der Waals surface area (Å²) in [5.74, 6) is -0.482. The molecule has 2 aromatic heterocycles. The monoisotopic (exact) mass is 312 g/mol. The highest BCUT2D eigenvalue weighted by Gasteiger charge is 2.20. The molecule has 0 radical (unpaired) electrons. The number of hydrogen-bond acceptors (Lipinski definition) is 4. The summed E-state index contributed by atoms with van der Waals surface area (Å²) in [5, 5.41) is 9.03. The van der Waals surface area contributed by atoms with E-state index in [1.54, 1.807) is 19.3 Å². The average Bonchev–Trinajstić information content (AvgIpc) is 3.07. The smallest absolute Gasteiger partial charge is 0.352 e. The van der Waals surface area contributed by atoms with Gasteiger partial charge in [0.1, 0.15) is 16.4 Å². The first-order valence-corrected chi connectivity index (χ1v) is 7.83. The number of aromatic nitrogens is 3. The van der Waals surface area contributed by atoms with Gasteiger partial charge in [-0.1, -0.05) is 0 Å². The summed E-state index contributed by atoms with van der Waals surface area (Å²) in [5.41, 5.74) is -0.0519. The first-order valence-electron chi connectivity index (χ1n) is 6.35. The van der Waals surface area contributed by atoms with Gasteiger partial charge in [0.25, 0.3) is 0 Å². The number of carboxylic acids is 1. The van der Waals surface area contributed by atoms with Crippen molar-refractivity contribution < 1.29 is 18.3 Å². The summed E-state index contributed by atoms with van der Waals surface area (Å²) in [6.45, 7) is 2.30. The Hall–Kier alpha value is -2.13. The number of aromatic amines is 1. The molecule has 9 heteroatoms. The molecule has 8 nitrogen and oxygen atoms in total. The molecular formula is C12H16N4O4S. The van der Waals surface area contributed by atoms with E-state index in [4.69, 9.17) is 5.11 Å². The standard InChI is InChI=1S/C12H16N4O4S/c1-2-16-8-9(7-10(16)12(17)18)21(19,20)15-4-3-11-13-5-6-14-11/h5-8,15H,2-4H2,1H3,(H,13,14)(H,17,18). The largest absolute Gasteiger partial charge is 0.477 e. The molecule has 2 heterocycles. The van der Waals surface area contributed by atoms with Gasteiger partial charge in [-0.25, -0.2) is 22.9 Å². The van der Waals surface area contributed by atoms with Crippen LogP contribution in [0.15, 0.2) is 29.6 Å². The molecule has 0 unspecified atom stereocenters. The number of aromatic carboxylic acids is 1. The van der Waals surface area contributed by atoms with Crippen molar-refractivity contribution in [2.75, 3.05) is 6.54 Å². The highest BCUT2D eigenvalue weighted by molar-refractivity contribution is 7.89. The predicted molar refractivity (Wildman–Crippen MR) is 74.5 cm³/mol. The summed E-state index contributed by atoms with van der Waals surface area (Å²) in [6, 6.07) is 1.15. The quantitative estimate of drug-likeness (QED) is 0.686. The lowest BCUT2D eigenvalue weighted by Crippen LogP contribution is -2.26. The van der Waals surface area contributed by atoms with Crippen LogP contribution in [0.1, 0.15) is 23.2 Å². The number of hydrogen-bond donors (Lipinski definition) is 3. The van der Waals surface area contributed by atoms with Crippen molar-refractivity contribution in [3.8, 4) is 0 Å². The van der Waals surface area contributed by atoms with Crippen LogP contribution in [-0.4, -0.2) is 40.6 Å². The molecule has 0 fully saturated rings. The normalized spacial score (nSPS) is 11.7. The van der Waals surface area contributed by atoms with Crippen molar-refractivity contribution in [3.05, 3.63) is 36.2 Å². The summed E-state index contributed by atoms with van der Waals surface area (Å²) in [6.07, 6.45) is 4.99. The molecule has 0 aliphatic rings. The lowest BCUT2D eigenvalue weighted by molar-refractivity contribution is 0.0685. The van der Waals surface area contributed by atoms with Crippen molar-refractivity contribution in [1.29, 1.82) is 0 Å². The maximum Gasteiger partial charge on any atom is 0.352 e. The van der Waals surface area contributed by atoms with E-state index in [2.05, 4.69) is 14.7 Å². The Bertz CT molecular complexity index is 719. The second kappa shape index (κ2) is 6.10. The van der Waals surface area contributed by atoms with Crippen LogP contribution in [0.5, 0.6) is 0 Å². The highest BCUT2D eigenvalue weighted by atomic mass is 32.2. The second-order valence-corrected chi connectivity index (χ2v) is 6.10. The first kappa shape index (κ1) is 15.3. The number of carbonyl (C=O) groups is 1. The Morgan fingerprint density at radius 1 is 1.52 bits per heavy atom. The van der Waals surface area contributed by atoms with Gasteiger partial charge >= 0.3 is 5.97 Å². The molecule has 0 saturated carbocycles. The van der Waals surface area contributed by atoms with E-state index >= 15 is 0 Å². The van der Waals surface area contributed by atoms with Gasteiger partial charge in [0.05, 0.1) is 0 Å². The van der Waals surface area contributed by atoms with Crippen molar-refractivity contribution in [2.45, 2.75) is 24.8 Å². The Morgan fingerprint density at radius 3 is 2.81 bits per heavy atom. The maximum absolute atomic E-state index is 12.1. The van der Waals surface area contributed by atoms with Crippen LogP contribution >= 0.6 is 0 Å². The number of nitrogens with one attached hydrogen (secondary N) is 2. The number of sulfonamides is 1. The molecule has 0 atom stereocenters. The number of imidazole rings is 1. The Labute approximate surface area is 121 Å². The number of rotatable bonds is 7. The Morgan fingerprint density at radius 2 is 2.29 bits per heavy atom. The van der Waals surface area contributed by atoms with Crippen LogP contribution < -0.4 is 4.72 Å². The SMILES string of the molecule is CCn1cc(S(=O)(=O)NCCc2ncc[nH]2)cc1C(=O)O. The van der Waals surface area contributed by atoms with Crippen LogP contribution in [0.3, 0.4) is 0 Å². The molecular weight excluding hydrogens is 296 g/mol. The molecule has 114 valence electrons. The van der Waals surface area contributed by atoms with Crippen molar-refractivity contribution in [2.24, 2.45) is 0 Å². The van der Waals surface area contributed by atoms with Gasteiger partial charge in [-0.15, -0.1) is 0 Å². The van der Waals surface area contributed by atoms with E-state index in [9.17, 15) is 13.2 Å². The molecule has 0 spiro atoms. The minimum Gasteiger partial charge on any atom is -0.477 e. The second-order valence-electron chi connectivity index (χ2n) is 4.34. The van der Waals surface area contributed by atoms with Crippen molar-refractivity contribution in [1.82, 2.24) is 19.3 Å². The van der Waals surface area contributed by atoms with Gasteiger partial charge in [0, 0.05) is 38.1 Å². The number of nitrogens with zero attached hydrogens (tertiary/aromatic N) is 2. The van der Waals surface area contributed by atoms with E-state index in [-0.39, 0.29) is 17.1 Å². The van der Waals surface area contributed by atoms with E-state index in [0.29, 0.717) is 18.8 Å². The summed E-state index contributed by atoms with van der Waals surface area (Å²) in [7, 11) is -3.73. The third-order valence-electron chi connectivity index (χ3n) is 2.95. The van der Waals surface area contributed by atoms with E-state index in [0.717, 1.165) is 6.07 Å². The third kappa shape index (κ3) is 3.50. The van der Waals surface area contributed by atoms with Crippen molar-refractivity contribution in [3.63, 3.8) is 0 Å². The zero-order chi connectivity index (χ0) is 15.5. The van der Waals surface area contributed by atoms with Crippen molar-refractivity contribution >= 4 is 16.0 Å². The maximum atomic E-state index is 12.1. The molecule has 21 heavy (non-hydrogen) atoms. The fourth-order valence-corrected chi connectivity index (χ4v) is 2.96. The van der Waals surface area contributed by atoms with Gasteiger partial charge in [-0.05, 0) is 13.0 Å². The number of aryl methyl sites for hydroxylation is 1. The van der Waals surface area contributed by atoms with Gasteiger partial charge in [0.2, 0.25) is 10.0 Å². The van der Waals surface area contributed by atoms with Crippen LogP contribution in [-0.2, 0) is 23.0 Å². The van der Waals surface area contributed by atoms with Crippen LogP contribution in [0.4, 0.5) is 0 Å². The highest BCUT2D eigenvalue weighted by Crippen LogP contribution is 2.14. The summed E-state index contributed by atoms with van der Waals surface area (Å²) < 4.78 is 28.0. The van der Waals surface area contributed by atoms with Crippen LogP contribution in [0, 0.1) is 0 Å². The third-order valence-corrected chi connectivity index (χ3v) is 4.38. The number of H-pyrrole nitrogens is 1. The molecule has 0 aliphatic heterocycles. The molecule has 0 aromatic carbocycles. The summed E-state index contributed by atoms with van der Waals surface area (Å²) >= 11 is 0. The van der Waals surface area contributed by atoms with E-state index in [1.807, 2.05) is 0 Å². The fraction of sp³-hybridized carbons (Fsp3) is 0.333. The first-order chi connectivity index (χ1) is 9.94. The fourth-order valence-electron chi connectivity index (χ4n) is 1.89. The van der Waals surface area contributed by atoms with Crippen LogP contribution in [0.25, 0.3) is 0 Å². The van der Waals surface area contributed by atoms with Gasteiger partial charge in [-0.3, -0.25) is 0 Å². The molecule has 0 amide bonds. The molecule has 0 bridgehead atoms. The zero-order valence-corrected chi connectivity index (χ0v) is 12.2. The zero-order valence-electron chi connectivity index (χ0n) is 11.4. The van der Waals surface area contributed by atoms with Gasteiger partial charge < -0.3 is 14.7 Å². The van der Waals surface area contributed by atoms with Gasteiger partial charge in [0.15, 0.2) is 0 Å². The molecule has 3 N–H and O–H groups in total. The molecule has 2 rings (SSSR count). The topological polar surface area (TPSA) is 117 Å². The molecule has 2 aromatic rings. The van der Waals surface area contributed by atoms with E-state index in [1.165, 1.54) is 10.8 Å². The Balaban J connectivity index is 2.10. The van der Waals surface area contributed by atoms with Gasteiger partial charge in [-0.2, -0.15) is 0 Å². The van der Waals surface area contributed by atoms with E-state index < -0.39 is 16.0 Å². The lowest BCUT2D eigenvalue weighted by atomic mass is 10.4. The molecule has 0 saturated heterocycles. The molecule has 0 aliphatic carbocycles. The minimum absolute atomic E-state index is 0.0519. The number of carboxylic acid groups (broad SMARTS) is 1. The minimum atomic E-state index is -3.73. The Kier molecular flexibility index (Phi) is 4.43.